The lowest BCUT2D eigenvalue weighted by molar-refractivity contribution is 0.0706. The average molecular weight is 442 g/mol. The van der Waals surface area contributed by atoms with Crippen LogP contribution in [0.15, 0.2) is 78.9 Å². The Morgan fingerprint density at radius 2 is 1.55 bits per heavy atom. The lowest BCUT2D eigenvalue weighted by Gasteiger charge is -2.05. The summed E-state index contributed by atoms with van der Waals surface area (Å²) in [6.45, 7) is 2.01. The van der Waals surface area contributed by atoms with Gasteiger partial charge in [-0.3, -0.25) is 14.8 Å². The zero-order chi connectivity index (χ0) is 23.4. The number of halogens is 1. The van der Waals surface area contributed by atoms with Crippen LogP contribution in [0.3, 0.4) is 0 Å². The molecule has 0 saturated heterocycles. The first-order valence-corrected chi connectivity index (χ1v) is 10.6. The van der Waals surface area contributed by atoms with Crippen LogP contribution in [-0.2, 0) is 6.42 Å². The molecule has 6 heteroatoms. The summed E-state index contributed by atoms with van der Waals surface area (Å²) in [6, 6.07) is 22.7. The van der Waals surface area contributed by atoms with E-state index < -0.39 is 5.91 Å². The van der Waals surface area contributed by atoms with Crippen molar-refractivity contribution in [1.29, 1.82) is 0 Å². The molecule has 0 aliphatic carbocycles. The molecule has 0 spiro atoms. The summed E-state index contributed by atoms with van der Waals surface area (Å²) in [4.78, 5) is 27.9. The quantitative estimate of drug-likeness (QED) is 0.194. The predicted octanol–water partition coefficient (Wildman–Crippen LogP) is 5.73. The minimum atomic E-state index is -0.586. The summed E-state index contributed by atoms with van der Waals surface area (Å²) in [7, 11) is 0. The second-order valence-electron chi connectivity index (χ2n) is 7.91. The third-order valence-corrected chi connectivity index (χ3v) is 5.57. The Morgan fingerprint density at radius 3 is 2.18 bits per heavy atom. The van der Waals surface area contributed by atoms with Gasteiger partial charge in [-0.1, -0.05) is 54.1 Å². The molecule has 33 heavy (non-hydrogen) atoms. The van der Waals surface area contributed by atoms with Crippen molar-refractivity contribution in [2.45, 2.75) is 19.8 Å². The standard InChI is InChI=1S/C27H23FN2O3/c1-17-2-7-20(8-3-17)24-16-23(19-11-13-22(28)14-12-19)26(29-24)25(31)15-6-18-4-9-21(10-5-18)27(32)30-33/h2-5,7-14,16,29,33H,6,15H2,1H3,(H,30,32). The molecular formula is C27H23FN2O3. The minimum Gasteiger partial charge on any atom is -0.352 e. The van der Waals surface area contributed by atoms with E-state index in [1.165, 1.54) is 12.1 Å². The van der Waals surface area contributed by atoms with Crippen molar-refractivity contribution in [1.82, 2.24) is 10.5 Å². The number of aryl methyl sites for hydroxylation is 2. The Hall–Kier alpha value is -4.03. The van der Waals surface area contributed by atoms with Crippen LogP contribution in [0.25, 0.3) is 22.4 Å². The molecule has 0 bridgehead atoms. The summed E-state index contributed by atoms with van der Waals surface area (Å²) < 4.78 is 13.5. The Labute approximate surface area is 190 Å². The molecule has 1 amide bonds. The number of hydroxylamine groups is 1. The Bertz CT molecular complexity index is 1270. The molecule has 0 fully saturated rings. The number of benzene rings is 3. The van der Waals surface area contributed by atoms with E-state index in [4.69, 9.17) is 5.21 Å². The highest BCUT2D eigenvalue weighted by atomic mass is 19.1. The van der Waals surface area contributed by atoms with Crippen LogP contribution in [0.4, 0.5) is 4.39 Å². The van der Waals surface area contributed by atoms with Crippen LogP contribution < -0.4 is 5.48 Å². The first-order chi connectivity index (χ1) is 15.9. The van der Waals surface area contributed by atoms with Crippen LogP contribution in [-0.4, -0.2) is 21.9 Å². The minimum absolute atomic E-state index is 0.0649. The maximum Gasteiger partial charge on any atom is 0.274 e. The predicted molar refractivity (Wildman–Crippen MR) is 125 cm³/mol. The summed E-state index contributed by atoms with van der Waals surface area (Å²) in [5.74, 6) is -0.985. The largest absolute Gasteiger partial charge is 0.352 e. The number of aromatic amines is 1. The van der Waals surface area contributed by atoms with E-state index in [-0.39, 0.29) is 18.0 Å². The van der Waals surface area contributed by atoms with Crippen LogP contribution in [0.5, 0.6) is 0 Å². The fraction of sp³-hybridized carbons (Fsp3) is 0.111. The Balaban J connectivity index is 1.60. The lowest BCUT2D eigenvalue weighted by atomic mass is 9.99. The van der Waals surface area contributed by atoms with Crippen molar-refractivity contribution in [2.75, 3.05) is 0 Å². The Morgan fingerprint density at radius 1 is 0.909 bits per heavy atom. The molecule has 3 aromatic carbocycles. The monoisotopic (exact) mass is 442 g/mol. The topological polar surface area (TPSA) is 82.2 Å². The van der Waals surface area contributed by atoms with Gasteiger partial charge >= 0.3 is 0 Å². The highest BCUT2D eigenvalue weighted by Gasteiger charge is 2.18. The second-order valence-corrected chi connectivity index (χ2v) is 7.91. The van der Waals surface area contributed by atoms with E-state index in [0.29, 0.717) is 17.7 Å². The third kappa shape index (κ3) is 5.07. The van der Waals surface area contributed by atoms with Gasteiger partial charge < -0.3 is 4.98 Å². The van der Waals surface area contributed by atoms with Gasteiger partial charge in [0.1, 0.15) is 5.82 Å². The number of nitrogens with one attached hydrogen (secondary N) is 2. The summed E-state index contributed by atoms with van der Waals surface area (Å²) >= 11 is 0. The number of rotatable bonds is 7. The number of hydrogen-bond acceptors (Lipinski definition) is 3. The zero-order valence-corrected chi connectivity index (χ0v) is 18.1. The molecule has 0 aliphatic rings. The van der Waals surface area contributed by atoms with Crippen molar-refractivity contribution < 1.29 is 19.2 Å². The van der Waals surface area contributed by atoms with Crippen LogP contribution in [0.1, 0.15) is 38.4 Å². The first-order valence-electron chi connectivity index (χ1n) is 10.6. The SMILES string of the molecule is Cc1ccc(-c2cc(-c3ccc(F)cc3)c(C(=O)CCc3ccc(C(=O)NO)cc3)[nH]2)cc1. The molecule has 0 radical (unpaired) electrons. The van der Waals surface area contributed by atoms with E-state index in [2.05, 4.69) is 4.98 Å². The molecule has 0 unspecified atom stereocenters. The third-order valence-electron chi connectivity index (χ3n) is 5.57. The molecule has 166 valence electrons. The number of hydrogen-bond donors (Lipinski definition) is 3. The van der Waals surface area contributed by atoms with E-state index >= 15 is 0 Å². The first kappa shape index (κ1) is 22.2. The van der Waals surface area contributed by atoms with Gasteiger partial charge in [-0.2, -0.15) is 0 Å². The summed E-state index contributed by atoms with van der Waals surface area (Å²) in [6.07, 6.45) is 0.745. The maximum absolute atomic E-state index is 13.5. The highest BCUT2D eigenvalue weighted by Crippen LogP contribution is 2.31. The van der Waals surface area contributed by atoms with E-state index in [1.807, 2.05) is 37.3 Å². The average Bonchev–Trinajstić information content (AvgIpc) is 3.29. The van der Waals surface area contributed by atoms with Gasteiger partial charge in [0.15, 0.2) is 5.78 Å². The second kappa shape index (κ2) is 9.63. The van der Waals surface area contributed by atoms with Gasteiger partial charge in [-0.05, 0) is 60.4 Å². The van der Waals surface area contributed by atoms with Crippen LogP contribution >= 0.6 is 0 Å². The molecular weight excluding hydrogens is 419 g/mol. The number of Topliss-reactive ketones (excluding diaryl/α,β-unsaturated/α-hetero) is 1. The van der Waals surface area contributed by atoms with Gasteiger partial charge in [0.2, 0.25) is 0 Å². The van der Waals surface area contributed by atoms with E-state index in [1.54, 1.807) is 41.9 Å². The number of ketones is 1. The number of carbonyl (C=O) groups is 2. The lowest BCUT2D eigenvalue weighted by Crippen LogP contribution is -2.18. The van der Waals surface area contributed by atoms with E-state index in [9.17, 15) is 14.0 Å². The number of H-pyrrole nitrogens is 1. The van der Waals surface area contributed by atoms with Gasteiger partial charge in [0, 0.05) is 23.2 Å². The molecule has 1 aromatic heterocycles. The zero-order valence-electron chi connectivity index (χ0n) is 18.1. The number of carbonyl (C=O) groups excluding carboxylic acids is 2. The van der Waals surface area contributed by atoms with E-state index in [0.717, 1.165) is 33.5 Å². The Kier molecular flexibility index (Phi) is 6.47. The summed E-state index contributed by atoms with van der Waals surface area (Å²) in [5, 5.41) is 8.72. The maximum atomic E-state index is 13.5. The molecule has 1 heterocycles. The molecule has 0 aliphatic heterocycles. The fourth-order valence-electron chi connectivity index (χ4n) is 3.69. The number of aromatic nitrogens is 1. The normalized spacial score (nSPS) is 10.8. The van der Waals surface area contributed by atoms with Gasteiger partial charge in [-0.25, -0.2) is 9.87 Å². The molecule has 0 atom stereocenters. The van der Waals surface area contributed by atoms with Gasteiger partial charge in [0.25, 0.3) is 5.91 Å². The molecule has 4 aromatic rings. The van der Waals surface area contributed by atoms with Crippen molar-refractivity contribution in [3.05, 3.63) is 107 Å². The van der Waals surface area contributed by atoms with Crippen molar-refractivity contribution in [3.8, 4) is 22.4 Å². The fourth-order valence-corrected chi connectivity index (χ4v) is 3.69. The van der Waals surface area contributed by atoms with Crippen molar-refractivity contribution in [3.63, 3.8) is 0 Å². The molecule has 4 rings (SSSR count). The number of amides is 1. The smallest absolute Gasteiger partial charge is 0.274 e. The molecule has 5 nitrogen and oxygen atoms in total. The van der Waals surface area contributed by atoms with Crippen molar-refractivity contribution >= 4 is 11.7 Å². The molecule has 0 saturated carbocycles. The molecule has 3 N–H and O–H groups in total. The van der Waals surface area contributed by atoms with Gasteiger partial charge in [-0.15, -0.1) is 0 Å². The van der Waals surface area contributed by atoms with Crippen molar-refractivity contribution in [2.24, 2.45) is 0 Å². The van der Waals surface area contributed by atoms with Crippen LogP contribution in [0, 0.1) is 12.7 Å². The van der Waals surface area contributed by atoms with Crippen LogP contribution in [0.2, 0.25) is 0 Å². The highest BCUT2D eigenvalue weighted by molar-refractivity contribution is 6.02. The summed E-state index contributed by atoms with van der Waals surface area (Å²) in [5.41, 5.74) is 7.71. The van der Waals surface area contributed by atoms with Gasteiger partial charge in [0.05, 0.1) is 5.69 Å².